The molecule has 0 atom stereocenters. The summed E-state index contributed by atoms with van der Waals surface area (Å²) in [5.74, 6) is 1.62. The maximum atomic E-state index is 9.87. The SMILES string of the molecule is C1=CC2C=CC1C2.F[P-](F)(F)(F)(F)F.N=O.[Re].[Rh].c1ccc(P(c2ccccc2)C2CCCC2)cc1.c1ccc(P(c2ccccc2)c2ccccc2)cc1.c1ccc([CH-]P(c2ccccc2)c2ccccc2)cc1. The third-order valence-electron chi connectivity index (χ3n) is 11.7. The first-order valence-corrected chi connectivity index (χ1v) is 30.2. The van der Waals surface area contributed by atoms with Gasteiger partial charge in [-0.25, -0.2) is 0 Å². The Hall–Kier alpha value is -4.70. The van der Waals surface area contributed by atoms with E-state index in [9.17, 15) is 25.2 Å². The number of hydrogen-bond donors (Lipinski definition) is 1. The number of nitroso groups, excluding NO2 is 1. The van der Waals surface area contributed by atoms with Gasteiger partial charge in [-0.3, -0.25) is 0 Å². The van der Waals surface area contributed by atoms with Crippen molar-refractivity contribution in [3.8, 4) is 0 Å². The van der Waals surface area contributed by atoms with Crippen molar-refractivity contribution < 1.29 is 65.1 Å². The van der Waals surface area contributed by atoms with Crippen LogP contribution in [-0.2, 0) is 39.9 Å². The van der Waals surface area contributed by atoms with Gasteiger partial charge in [-0.2, -0.15) is 28.8 Å². The van der Waals surface area contributed by atoms with Gasteiger partial charge >= 0.3 is 33.0 Å². The summed E-state index contributed by atoms with van der Waals surface area (Å²) in [5, 5.41) is 10.1. The van der Waals surface area contributed by atoms with E-state index in [4.69, 9.17) is 4.91 Å². The number of rotatable bonds is 10. The molecule has 3 aliphatic rings. The zero-order chi connectivity index (χ0) is 51.8. The molecule has 1 fully saturated rings. The van der Waals surface area contributed by atoms with E-state index in [1.165, 1.54) is 64.2 Å². The fraction of sp³-hybridized carbons (Fsp3) is 0.131. The predicted octanol–water partition coefficient (Wildman–Crippen LogP) is 17.3. The largest absolute Gasteiger partial charge is 0.187 e. The van der Waals surface area contributed by atoms with E-state index in [0.717, 1.165) is 17.5 Å². The molecule has 2 nitrogen and oxygen atoms in total. The fourth-order valence-electron chi connectivity index (χ4n) is 8.58. The van der Waals surface area contributed by atoms with E-state index in [0.29, 0.717) is 0 Å². The minimum absolute atomic E-state index is 0. The van der Waals surface area contributed by atoms with E-state index in [2.05, 4.69) is 279 Å². The van der Waals surface area contributed by atoms with Crippen LogP contribution in [0.1, 0.15) is 37.7 Å². The van der Waals surface area contributed by atoms with Crippen LogP contribution in [0.4, 0.5) is 25.2 Å². The zero-order valence-electron chi connectivity index (χ0n) is 40.9. The molecule has 0 heterocycles. The molecule has 0 aromatic heterocycles. The molecule has 3 aliphatic carbocycles. The van der Waals surface area contributed by atoms with Crippen molar-refractivity contribution in [1.29, 1.82) is 5.59 Å². The minimum Gasteiger partial charge on any atom is -0.187 e. The van der Waals surface area contributed by atoms with Crippen LogP contribution >= 0.6 is 31.6 Å². The molecule has 2 radical (unpaired) electrons. The second kappa shape index (κ2) is 30.9. The van der Waals surface area contributed by atoms with E-state index in [-0.39, 0.29) is 47.8 Å². The number of benzene rings is 8. The molecule has 2 bridgehead atoms. The minimum atomic E-state index is -10.7. The summed E-state index contributed by atoms with van der Waals surface area (Å²) >= 11 is 0. The zero-order valence-corrected chi connectivity index (χ0v) is 48.9. The van der Waals surface area contributed by atoms with Crippen LogP contribution in [0.3, 0.4) is 0 Å². The predicted molar refractivity (Wildman–Crippen MR) is 305 cm³/mol. The van der Waals surface area contributed by atoms with Gasteiger partial charge in [0.1, 0.15) is 0 Å². The van der Waals surface area contributed by atoms with Crippen LogP contribution in [0.2, 0.25) is 0 Å². The molecule has 0 unspecified atom stereocenters. The average Bonchev–Trinajstić information content (AvgIpc) is 4.24. The molecule has 1 saturated carbocycles. The van der Waals surface area contributed by atoms with Gasteiger partial charge in [-0.15, -0.1) is 12.1 Å². The molecule has 75 heavy (non-hydrogen) atoms. The molecule has 394 valence electrons. The Kier molecular flexibility index (Phi) is 25.9. The Bertz CT molecular complexity index is 2640. The second-order valence-electron chi connectivity index (χ2n) is 17.2. The Morgan fingerprint density at radius 1 is 0.387 bits per heavy atom. The van der Waals surface area contributed by atoms with Crippen LogP contribution in [0.15, 0.2) is 267 Å². The van der Waals surface area contributed by atoms with E-state index in [1.807, 2.05) is 0 Å². The van der Waals surface area contributed by atoms with Gasteiger partial charge < -0.3 is 0 Å². The molecule has 0 saturated heterocycles. The van der Waals surface area contributed by atoms with Crippen LogP contribution in [0.5, 0.6) is 0 Å². The van der Waals surface area contributed by atoms with Crippen LogP contribution in [0.25, 0.3) is 0 Å². The quantitative estimate of drug-likeness (QED) is 0.0364. The standard InChI is InChI=1S/C19H16P.C18H15P.C17H19P.C7H8.F6P.HNO.Re.Rh/c1-4-10-17(11-5-1)16-20(18-12-6-2-7-13-18)19-14-8-3-9-15-19;1-4-10-16(11-5-1)19(17-12-6-2-7-13-17)18-14-8-3-9-15-18;1-3-9-15(10-4-1)18(17-13-7-8-14-17)16-11-5-2-6-12-16;1-2-7-4-3-6(1)5-7;1-7(2,3,4,5)6;1-2;;/h1-16H;1-15H;1-6,9-12,17H,7-8,13-14H2;1-4,6-7H,5H2;;1H;;/q-1;;;;-1;;;. The molecule has 0 aliphatic heterocycles. The van der Waals surface area contributed by atoms with Crippen molar-refractivity contribution in [2.45, 2.75) is 37.8 Å². The molecule has 14 heteroatoms. The Morgan fingerprint density at radius 2 is 0.627 bits per heavy atom. The van der Waals surface area contributed by atoms with E-state index in [1.54, 1.807) is 10.6 Å². The van der Waals surface area contributed by atoms with Gasteiger partial charge in [0.2, 0.25) is 0 Å². The molecular formula is C61H59F6NOP4ReRh-2. The first kappa shape index (κ1) is 62.8. The van der Waals surface area contributed by atoms with Crippen LogP contribution in [-0.4, -0.2) is 5.66 Å². The summed E-state index contributed by atoms with van der Waals surface area (Å²) < 4.78 is 59.2. The normalized spacial score (nSPS) is 15.6. The topological polar surface area (TPSA) is 40.9 Å². The average molecular weight is 1350 g/mol. The first-order chi connectivity index (χ1) is 35.2. The van der Waals surface area contributed by atoms with E-state index < -0.39 is 23.7 Å². The summed E-state index contributed by atoms with van der Waals surface area (Å²) in [5.41, 5.74) is 6.68. The van der Waals surface area contributed by atoms with Gasteiger partial charge in [0.25, 0.3) is 0 Å². The van der Waals surface area contributed by atoms with Gasteiger partial charge in [0.05, 0.1) is 0 Å². The maximum absolute atomic E-state index is 10.7. The maximum Gasteiger partial charge on any atom is 0 e. The molecule has 8 aromatic rings. The van der Waals surface area contributed by atoms with Gasteiger partial charge in [-0.05, 0) is 89.7 Å². The molecule has 0 spiro atoms. The Morgan fingerprint density at radius 3 is 0.880 bits per heavy atom. The summed E-state index contributed by atoms with van der Waals surface area (Å²) in [6, 6.07) is 86.6. The third kappa shape index (κ3) is 23.2. The monoisotopic (exact) mass is 1350 g/mol. The Balaban J connectivity index is 0.000000210. The summed E-state index contributed by atoms with van der Waals surface area (Å²) in [6.07, 6.45) is 18.6. The number of halogens is 6. The molecule has 1 N–H and O–H groups in total. The summed E-state index contributed by atoms with van der Waals surface area (Å²) in [7, 11) is -11.7. The van der Waals surface area contributed by atoms with Gasteiger partial charge in [0.15, 0.2) is 0 Å². The van der Waals surface area contributed by atoms with Crippen molar-refractivity contribution in [3.05, 3.63) is 284 Å². The van der Waals surface area contributed by atoms with Crippen molar-refractivity contribution in [2.75, 3.05) is 0 Å². The van der Waals surface area contributed by atoms with Crippen molar-refractivity contribution in [2.24, 2.45) is 11.8 Å². The van der Waals surface area contributed by atoms with E-state index >= 15 is 0 Å². The Labute approximate surface area is 469 Å². The molecular weight excluding hydrogens is 1290 g/mol. The number of fused-ring (bicyclic) bond motifs is 2. The van der Waals surface area contributed by atoms with Crippen molar-refractivity contribution in [1.82, 2.24) is 0 Å². The third-order valence-corrected chi connectivity index (χ3v) is 19.4. The molecule has 8 aromatic carbocycles. The van der Waals surface area contributed by atoms with Gasteiger partial charge in [-0.1, -0.05) is 269 Å². The van der Waals surface area contributed by atoms with Crippen molar-refractivity contribution >= 4 is 68.7 Å². The fourth-order valence-corrected chi connectivity index (χ4v) is 15.9. The molecule has 11 rings (SSSR count). The number of nitrogens with one attached hydrogen (secondary N) is 1. The smallest absolute Gasteiger partial charge is 0 e. The summed E-state index contributed by atoms with van der Waals surface area (Å²) in [6.45, 7) is 0. The second-order valence-corrected chi connectivity index (χ2v) is 25.9. The van der Waals surface area contributed by atoms with Crippen LogP contribution in [0, 0.1) is 28.5 Å². The number of allylic oxidation sites excluding steroid dienone is 4. The van der Waals surface area contributed by atoms with Crippen molar-refractivity contribution in [3.63, 3.8) is 0 Å². The molecule has 0 amide bonds. The first-order valence-electron chi connectivity index (χ1n) is 24.0. The summed E-state index contributed by atoms with van der Waals surface area (Å²) in [4.78, 5) is 7.50. The number of hydrogen-bond acceptors (Lipinski definition) is 2. The van der Waals surface area contributed by atoms with Gasteiger partial charge in [0, 0.05) is 39.9 Å². The van der Waals surface area contributed by atoms with Crippen LogP contribution < -0.4 is 37.1 Å².